The Kier molecular flexibility index (Phi) is 3.54. The van der Waals surface area contributed by atoms with E-state index in [1.54, 1.807) is 5.38 Å². The van der Waals surface area contributed by atoms with E-state index in [4.69, 9.17) is 5.73 Å². The minimum absolute atomic E-state index is 0.0275. The van der Waals surface area contributed by atoms with Gasteiger partial charge in [0, 0.05) is 17.6 Å². The third-order valence-electron chi connectivity index (χ3n) is 3.49. The van der Waals surface area contributed by atoms with Crippen molar-refractivity contribution in [1.82, 2.24) is 4.98 Å². The minimum atomic E-state index is -0.129. The number of aryl methyl sites for hydroxylation is 1. The van der Waals surface area contributed by atoms with Crippen LogP contribution in [0.25, 0.3) is 0 Å². The molecule has 0 spiro atoms. The standard InChI is InChI=1S/C15H17N3OS/c1-10(16)14-17-12(9-20-14)15(19)18-8-4-6-11-5-2-3-7-13(11)18/h2-3,5,7,9-10H,4,6,8,16H2,1H3. The highest BCUT2D eigenvalue weighted by Gasteiger charge is 2.25. The van der Waals surface area contributed by atoms with Crippen molar-refractivity contribution in [2.24, 2.45) is 5.73 Å². The van der Waals surface area contributed by atoms with E-state index in [0.717, 1.165) is 30.1 Å². The number of nitrogens with two attached hydrogens (primary N) is 1. The van der Waals surface area contributed by atoms with Gasteiger partial charge in [0.25, 0.3) is 5.91 Å². The quantitative estimate of drug-likeness (QED) is 0.924. The molecule has 0 aliphatic carbocycles. The van der Waals surface area contributed by atoms with E-state index < -0.39 is 0 Å². The summed E-state index contributed by atoms with van der Waals surface area (Å²) in [6, 6.07) is 7.95. The van der Waals surface area contributed by atoms with E-state index in [0.29, 0.717) is 5.69 Å². The van der Waals surface area contributed by atoms with Crippen molar-refractivity contribution < 1.29 is 4.79 Å². The number of amides is 1. The number of fused-ring (bicyclic) bond motifs is 1. The summed E-state index contributed by atoms with van der Waals surface area (Å²) in [6.07, 6.45) is 2.02. The summed E-state index contributed by atoms with van der Waals surface area (Å²) in [5.41, 5.74) is 8.55. The summed E-state index contributed by atoms with van der Waals surface area (Å²) in [6.45, 7) is 2.63. The number of para-hydroxylation sites is 1. The van der Waals surface area contributed by atoms with Crippen LogP contribution in [0, 0.1) is 0 Å². The van der Waals surface area contributed by atoms with Crippen LogP contribution in [0.1, 0.15) is 40.4 Å². The normalized spacial score (nSPS) is 15.8. The molecular weight excluding hydrogens is 270 g/mol. The summed E-state index contributed by atoms with van der Waals surface area (Å²) in [5.74, 6) is -0.0275. The highest BCUT2D eigenvalue weighted by Crippen LogP contribution is 2.28. The molecule has 4 nitrogen and oxygen atoms in total. The SMILES string of the molecule is CC(N)c1nc(C(=O)N2CCCc3ccccc32)cs1. The Hall–Kier alpha value is -1.72. The highest BCUT2D eigenvalue weighted by molar-refractivity contribution is 7.09. The lowest BCUT2D eigenvalue weighted by Gasteiger charge is -2.28. The summed E-state index contributed by atoms with van der Waals surface area (Å²) in [5, 5.41) is 2.61. The number of thiazole rings is 1. The number of rotatable bonds is 2. The predicted molar refractivity (Wildman–Crippen MR) is 81.2 cm³/mol. The van der Waals surface area contributed by atoms with Gasteiger partial charge >= 0.3 is 0 Å². The van der Waals surface area contributed by atoms with Crippen molar-refractivity contribution >= 4 is 22.9 Å². The van der Waals surface area contributed by atoms with E-state index in [9.17, 15) is 4.79 Å². The largest absolute Gasteiger partial charge is 0.322 e. The number of nitrogens with zero attached hydrogens (tertiary/aromatic N) is 2. The number of benzene rings is 1. The zero-order chi connectivity index (χ0) is 14.1. The van der Waals surface area contributed by atoms with Crippen LogP contribution in [0.4, 0.5) is 5.69 Å². The molecule has 0 saturated carbocycles. The van der Waals surface area contributed by atoms with Gasteiger partial charge in [-0.3, -0.25) is 4.79 Å². The lowest BCUT2D eigenvalue weighted by atomic mass is 10.0. The Morgan fingerprint density at radius 3 is 3.00 bits per heavy atom. The molecule has 0 radical (unpaired) electrons. The van der Waals surface area contributed by atoms with Crippen LogP contribution in [0.3, 0.4) is 0 Å². The summed E-state index contributed by atoms with van der Waals surface area (Å²) in [7, 11) is 0. The first-order valence-corrected chi connectivity index (χ1v) is 7.65. The fourth-order valence-corrected chi connectivity index (χ4v) is 3.23. The van der Waals surface area contributed by atoms with Crippen LogP contribution >= 0.6 is 11.3 Å². The van der Waals surface area contributed by atoms with E-state index in [1.165, 1.54) is 16.9 Å². The van der Waals surface area contributed by atoms with Gasteiger partial charge in [-0.1, -0.05) is 18.2 Å². The van der Waals surface area contributed by atoms with Crippen molar-refractivity contribution in [2.75, 3.05) is 11.4 Å². The Balaban J connectivity index is 1.91. The Morgan fingerprint density at radius 1 is 1.45 bits per heavy atom. The topological polar surface area (TPSA) is 59.2 Å². The van der Waals surface area contributed by atoms with Crippen LogP contribution in [0.2, 0.25) is 0 Å². The van der Waals surface area contributed by atoms with E-state index in [-0.39, 0.29) is 11.9 Å². The lowest BCUT2D eigenvalue weighted by Crippen LogP contribution is -2.35. The smallest absolute Gasteiger partial charge is 0.277 e. The molecule has 1 unspecified atom stereocenters. The Morgan fingerprint density at radius 2 is 2.25 bits per heavy atom. The van der Waals surface area contributed by atoms with Crippen molar-refractivity contribution in [3.05, 3.63) is 45.9 Å². The number of anilines is 1. The van der Waals surface area contributed by atoms with Crippen LogP contribution in [0.5, 0.6) is 0 Å². The van der Waals surface area contributed by atoms with Crippen molar-refractivity contribution in [3.8, 4) is 0 Å². The molecule has 2 aromatic rings. The summed E-state index contributed by atoms with van der Waals surface area (Å²) in [4.78, 5) is 18.8. The molecule has 1 aliphatic rings. The van der Waals surface area contributed by atoms with Gasteiger partial charge in [0.1, 0.15) is 10.7 Å². The van der Waals surface area contributed by atoms with E-state index in [1.807, 2.05) is 30.0 Å². The van der Waals surface area contributed by atoms with Crippen molar-refractivity contribution in [3.63, 3.8) is 0 Å². The third kappa shape index (κ3) is 2.34. The molecule has 5 heteroatoms. The monoisotopic (exact) mass is 287 g/mol. The molecule has 0 fully saturated rings. The first kappa shape index (κ1) is 13.3. The fraction of sp³-hybridized carbons (Fsp3) is 0.333. The van der Waals surface area contributed by atoms with Crippen LogP contribution < -0.4 is 10.6 Å². The average molecular weight is 287 g/mol. The van der Waals surface area contributed by atoms with Gasteiger partial charge in [0.05, 0.1) is 6.04 Å². The average Bonchev–Trinajstić information content (AvgIpc) is 2.96. The summed E-state index contributed by atoms with van der Waals surface area (Å²) >= 11 is 1.45. The second kappa shape index (κ2) is 5.34. The molecule has 1 atom stereocenters. The van der Waals surface area contributed by atoms with Crippen molar-refractivity contribution in [1.29, 1.82) is 0 Å². The van der Waals surface area contributed by atoms with Gasteiger partial charge in [0.15, 0.2) is 0 Å². The molecule has 1 aromatic heterocycles. The van der Waals surface area contributed by atoms with Gasteiger partial charge < -0.3 is 10.6 Å². The highest BCUT2D eigenvalue weighted by atomic mass is 32.1. The lowest BCUT2D eigenvalue weighted by molar-refractivity contribution is 0.0981. The Labute approximate surface area is 122 Å². The predicted octanol–water partition coefficient (Wildman–Crippen LogP) is 2.76. The summed E-state index contributed by atoms with van der Waals surface area (Å²) < 4.78 is 0. The molecular formula is C15H17N3OS. The number of carbonyl (C=O) groups is 1. The second-order valence-electron chi connectivity index (χ2n) is 5.05. The third-order valence-corrected chi connectivity index (χ3v) is 4.53. The second-order valence-corrected chi connectivity index (χ2v) is 5.94. The zero-order valence-corrected chi connectivity index (χ0v) is 12.2. The number of carbonyl (C=O) groups excluding carboxylic acids is 1. The minimum Gasteiger partial charge on any atom is -0.322 e. The molecule has 1 aromatic carbocycles. The van der Waals surface area contributed by atoms with Gasteiger partial charge in [-0.05, 0) is 31.4 Å². The fourth-order valence-electron chi connectivity index (χ4n) is 2.48. The molecule has 3 rings (SSSR count). The van der Waals surface area contributed by atoms with E-state index >= 15 is 0 Å². The van der Waals surface area contributed by atoms with Crippen LogP contribution in [-0.4, -0.2) is 17.4 Å². The molecule has 2 N–H and O–H groups in total. The molecule has 2 heterocycles. The maximum atomic E-state index is 12.6. The maximum absolute atomic E-state index is 12.6. The Bertz CT molecular complexity index is 636. The molecule has 104 valence electrons. The number of aromatic nitrogens is 1. The first-order valence-electron chi connectivity index (χ1n) is 6.77. The van der Waals surface area contributed by atoms with E-state index in [2.05, 4.69) is 11.1 Å². The van der Waals surface area contributed by atoms with Gasteiger partial charge in [-0.25, -0.2) is 4.98 Å². The van der Waals surface area contributed by atoms with Gasteiger partial charge in [-0.2, -0.15) is 0 Å². The van der Waals surface area contributed by atoms with Crippen LogP contribution in [-0.2, 0) is 6.42 Å². The first-order chi connectivity index (χ1) is 9.66. The molecule has 20 heavy (non-hydrogen) atoms. The molecule has 1 amide bonds. The molecule has 0 saturated heterocycles. The zero-order valence-electron chi connectivity index (χ0n) is 11.4. The van der Waals surface area contributed by atoms with Crippen LogP contribution in [0.15, 0.2) is 29.6 Å². The maximum Gasteiger partial charge on any atom is 0.277 e. The number of hydrogen-bond acceptors (Lipinski definition) is 4. The molecule has 0 bridgehead atoms. The van der Waals surface area contributed by atoms with Crippen molar-refractivity contribution in [2.45, 2.75) is 25.8 Å². The van der Waals surface area contributed by atoms with Gasteiger partial charge in [0.2, 0.25) is 0 Å². The van der Waals surface area contributed by atoms with Gasteiger partial charge in [-0.15, -0.1) is 11.3 Å². The number of hydrogen-bond donors (Lipinski definition) is 1. The molecule has 1 aliphatic heterocycles.